The van der Waals surface area contributed by atoms with E-state index >= 15 is 0 Å². The summed E-state index contributed by atoms with van der Waals surface area (Å²) in [5.41, 5.74) is 4.24. The van der Waals surface area contributed by atoms with Crippen molar-refractivity contribution in [1.29, 1.82) is 0 Å². The smallest absolute Gasteiger partial charge is 0.247 e. The summed E-state index contributed by atoms with van der Waals surface area (Å²) in [6.45, 7) is 3.44. The maximum absolute atomic E-state index is 14.7. The second-order valence-corrected chi connectivity index (χ2v) is 8.39. The molecule has 1 fully saturated rings. The Kier molecular flexibility index (Phi) is 5.97. The van der Waals surface area contributed by atoms with E-state index in [9.17, 15) is 9.18 Å². The van der Waals surface area contributed by atoms with Gasteiger partial charge in [0, 0.05) is 30.7 Å². The number of anilines is 5. The molecule has 4 aromatic rings. The summed E-state index contributed by atoms with van der Waals surface area (Å²) >= 11 is 0. The minimum atomic E-state index is -0.489. The van der Waals surface area contributed by atoms with E-state index in [1.165, 1.54) is 36.6 Å². The first-order valence-corrected chi connectivity index (χ1v) is 11.2. The third kappa shape index (κ3) is 5.19. The Morgan fingerprint density at radius 2 is 1.91 bits per heavy atom. The molecule has 1 aliphatic carbocycles. The van der Waals surface area contributed by atoms with Gasteiger partial charge in [-0.15, -0.1) is 0 Å². The molecule has 1 aliphatic rings. The molecular weight excluding hydrogens is 445 g/mol. The molecule has 2 heterocycles. The molecule has 0 radical (unpaired) electrons. The highest BCUT2D eigenvalue weighted by Crippen LogP contribution is 2.41. The van der Waals surface area contributed by atoms with E-state index in [0.717, 1.165) is 17.3 Å². The van der Waals surface area contributed by atoms with Crippen LogP contribution in [0.5, 0.6) is 0 Å². The van der Waals surface area contributed by atoms with E-state index in [1.807, 2.05) is 19.2 Å². The Morgan fingerprint density at radius 1 is 1.11 bits per heavy atom. The first-order chi connectivity index (χ1) is 17.0. The summed E-state index contributed by atoms with van der Waals surface area (Å²) in [5, 5.41) is 13.0. The number of hydrogen-bond donors (Lipinski definition) is 3. The van der Waals surface area contributed by atoms with Crippen LogP contribution in [0.1, 0.15) is 24.3 Å². The van der Waals surface area contributed by atoms with E-state index in [4.69, 9.17) is 0 Å². The Bertz CT molecular complexity index is 1390. The molecule has 1 saturated carbocycles. The highest BCUT2D eigenvalue weighted by Gasteiger charge is 2.23. The zero-order chi connectivity index (χ0) is 24.4. The topological polar surface area (TPSA) is 96.8 Å². The molecule has 0 atom stereocenters. The summed E-state index contributed by atoms with van der Waals surface area (Å²) in [6.07, 6.45) is 8.75. The number of benzene rings is 2. The van der Waals surface area contributed by atoms with Gasteiger partial charge in [0.05, 0.1) is 17.6 Å². The van der Waals surface area contributed by atoms with E-state index in [2.05, 4.69) is 49.7 Å². The largest absolute Gasteiger partial charge is 0.337 e. The minimum absolute atomic E-state index is 0.161. The Hall–Kier alpha value is -4.53. The van der Waals surface area contributed by atoms with Gasteiger partial charge in [0.25, 0.3) is 0 Å². The fourth-order valence-electron chi connectivity index (χ4n) is 3.73. The van der Waals surface area contributed by atoms with Crippen LogP contribution >= 0.6 is 0 Å². The second-order valence-electron chi connectivity index (χ2n) is 8.39. The van der Waals surface area contributed by atoms with Gasteiger partial charge in [0.1, 0.15) is 11.6 Å². The molecule has 0 bridgehead atoms. The normalized spacial score (nSPS) is 12.7. The fourth-order valence-corrected chi connectivity index (χ4v) is 3.73. The lowest BCUT2D eigenvalue weighted by Crippen LogP contribution is -2.08. The zero-order valence-corrected chi connectivity index (χ0v) is 19.1. The highest BCUT2D eigenvalue weighted by molar-refractivity contribution is 5.99. The molecule has 2 aromatic carbocycles. The van der Waals surface area contributed by atoms with Gasteiger partial charge in [-0.2, -0.15) is 10.1 Å². The fraction of sp³-hybridized carbons (Fsp3) is 0.154. The van der Waals surface area contributed by atoms with Crippen molar-refractivity contribution in [2.75, 3.05) is 16.0 Å². The molecule has 2 aromatic heterocycles. The molecule has 0 saturated heterocycles. The van der Waals surface area contributed by atoms with Gasteiger partial charge in [0.15, 0.2) is 0 Å². The van der Waals surface area contributed by atoms with Crippen molar-refractivity contribution in [3.8, 4) is 11.1 Å². The first kappa shape index (κ1) is 22.3. The van der Waals surface area contributed by atoms with Crippen LogP contribution in [-0.2, 0) is 11.8 Å². The minimum Gasteiger partial charge on any atom is -0.337 e. The van der Waals surface area contributed by atoms with Gasteiger partial charge in [0.2, 0.25) is 11.9 Å². The van der Waals surface area contributed by atoms with E-state index < -0.39 is 5.82 Å². The molecule has 8 nitrogen and oxygen atoms in total. The number of amides is 1. The van der Waals surface area contributed by atoms with Crippen molar-refractivity contribution in [3.05, 3.63) is 85.1 Å². The van der Waals surface area contributed by atoms with Crippen molar-refractivity contribution in [1.82, 2.24) is 19.7 Å². The highest BCUT2D eigenvalue weighted by atomic mass is 19.1. The average molecular weight is 470 g/mol. The molecule has 35 heavy (non-hydrogen) atoms. The molecule has 3 N–H and O–H groups in total. The number of rotatable bonds is 8. The Morgan fingerprint density at radius 3 is 2.60 bits per heavy atom. The molecule has 176 valence electrons. The van der Waals surface area contributed by atoms with Gasteiger partial charge >= 0.3 is 0 Å². The van der Waals surface area contributed by atoms with Crippen LogP contribution in [-0.4, -0.2) is 25.7 Å². The first-order valence-electron chi connectivity index (χ1n) is 11.2. The van der Waals surface area contributed by atoms with E-state index in [-0.39, 0.29) is 11.6 Å². The van der Waals surface area contributed by atoms with Crippen LogP contribution in [0.4, 0.5) is 33.2 Å². The van der Waals surface area contributed by atoms with Crippen LogP contribution in [0.2, 0.25) is 0 Å². The van der Waals surface area contributed by atoms with Crippen molar-refractivity contribution < 1.29 is 9.18 Å². The predicted molar refractivity (Wildman–Crippen MR) is 134 cm³/mol. The van der Waals surface area contributed by atoms with Gasteiger partial charge in [-0.25, -0.2) is 9.37 Å². The summed E-state index contributed by atoms with van der Waals surface area (Å²) in [6, 6.07) is 12.6. The average Bonchev–Trinajstić information content (AvgIpc) is 3.63. The Labute approximate surface area is 201 Å². The number of aromatic nitrogens is 4. The van der Waals surface area contributed by atoms with Crippen molar-refractivity contribution in [3.63, 3.8) is 0 Å². The van der Waals surface area contributed by atoms with Crippen LogP contribution in [0.3, 0.4) is 0 Å². The molecule has 9 heteroatoms. The summed E-state index contributed by atoms with van der Waals surface area (Å²) in [7, 11) is 1.81. The molecule has 0 spiro atoms. The quantitative estimate of drug-likeness (QED) is 0.295. The molecule has 0 aliphatic heterocycles. The lowest BCUT2D eigenvalue weighted by atomic mass is 10.0. The number of carbonyl (C=O) groups excluding carboxylic acids is 1. The molecule has 0 unspecified atom stereocenters. The van der Waals surface area contributed by atoms with Gasteiger partial charge in [-0.1, -0.05) is 30.8 Å². The third-order valence-corrected chi connectivity index (χ3v) is 5.69. The standard InChI is InChI=1S/C26H24FN7O/c1-3-24(35)30-19-10-11-22(27)23(12-19)32-25-21(18-8-6-17(7-9-18)16-4-5-16)14-28-26(33-25)31-20-13-29-34(2)15-20/h3,6-16H,1,4-5H2,2H3,(H,30,35)(H2,28,31,32,33). The van der Waals surface area contributed by atoms with Gasteiger partial charge in [-0.3, -0.25) is 9.48 Å². The number of halogens is 1. The zero-order valence-electron chi connectivity index (χ0n) is 19.1. The van der Waals surface area contributed by atoms with E-state index in [1.54, 1.807) is 23.3 Å². The molecular formula is C26H24FN7O. The van der Waals surface area contributed by atoms with Crippen molar-refractivity contribution in [2.24, 2.45) is 7.05 Å². The maximum atomic E-state index is 14.7. The number of nitrogens with zero attached hydrogens (tertiary/aromatic N) is 4. The van der Waals surface area contributed by atoms with Crippen LogP contribution < -0.4 is 16.0 Å². The van der Waals surface area contributed by atoms with Gasteiger partial charge in [-0.05, 0) is 54.2 Å². The SMILES string of the molecule is C=CC(=O)Nc1ccc(F)c(Nc2nc(Nc3cnn(C)c3)ncc2-c2ccc(C3CC3)cc2)c1. The van der Waals surface area contributed by atoms with E-state index in [0.29, 0.717) is 28.9 Å². The van der Waals surface area contributed by atoms with Crippen molar-refractivity contribution in [2.45, 2.75) is 18.8 Å². The number of carbonyl (C=O) groups is 1. The monoisotopic (exact) mass is 469 g/mol. The van der Waals surface area contributed by atoms with Crippen LogP contribution in [0.15, 0.2) is 73.7 Å². The number of aryl methyl sites for hydroxylation is 1. The van der Waals surface area contributed by atoms with Crippen molar-refractivity contribution >= 4 is 34.7 Å². The lowest BCUT2D eigenvalue weighted by molar-refractivity contribution is -0.111. The lowest BCUT2D eigenvalue weighted by Gasteiger charge is -2.15. The maximum Gasteiger partial charge on any atom is 0.247 e. The summed E-state index contributed by atoms with van der Waals surface area (Å²) in [5.74, 6) is 0.514. The number of hydrogen-bond acceptors (Lipinski definition) is 6. The summed E-state index contributed by atoms with van der Waals surface area (Å²) < 4.78 is 16.4. The van der Waals surface area contributed by atoms with Gasteiger partial charge < -0.3 is 16.0 Å². The second kappa shape index (κ2) is 9.38. The Balaban J connectivity index is 1.50. The number of nitrogens with one attached hydrogen (secondary N) is 3. The third-order valence-electron chi connectivity index (χ3n) is 5.69. The molecule has 5 rings (SSSR count). The predicted octanol–water partition coefficient (Wildman–Crippen LogP) is 5.51. The summed E-state index contributed by atoms with van der Waals surface area (Å²) in [4.78, 5) is 20.8. The molecule has 1 amide bonds. The van der Waals surface area contributed by atoms with Crippen LogP contribution in [0.25, 0.3) is 11.1 Å². The van der Waals surface area contributed by atoms with Crippen LogP contribution in [0, 0.1) is 5.82 Å².